The molecule has 0 spiro atoms. The van der Waals surface area contributed by atoms with E-state index in [2.05, 4.69) is 16.1 Å². The second-order valence-electron chi connectivity index (χ2n) is 4.97. The van der Waals surface area contributed by atoms with Crippen molar-refractivity contribution in [1.82, 2.24) is 9.88 Å². The molecule has 1 heterocycles. The van der Waals surface area contributed by atoms with Crippen LogP contribution in [0.4, 0.5) is 4.39 Å². The molecule has 2 aromatic rings. The van der Waals surface area contributed by atoms with Crippen LogP contribution in [0.1, 0.15) is 24.4 Å². The van der Waals surface area contributed by atoms with Crippen LogP contribution in [-0.2, 0) is 6.42 Å². The van der Waals surface area contributed by atoms with Gasteiger partial charge in [0.15, 0.2) is 0 Å². The van der Waals surface area contributed by atoms with E-state index >= 15 is 0 Å². The van der Waals surface area contributed by atoms with E-state index in [1.807, 2.05) is 7.05 Å². The van der Waals surface area contributed by atoms with Gasteiger partial charge in [0.25, 0.3) is 0 Å². The highest BCUT2D eigenvalue weighted by atomic mass is 19.1. The largest absolute Gasteiger partial charge is 0.507 e. The molecular weight excluding hydrogens is 231 g/mol. The van der Waals surface area contributed by atoms with Crippen molar-refractivity contribution in [3.8, 4) is 5.75 Å². The molecule has 0 unspecified atom stereocenters. The van der Waals surface area contributed by atoms with Crippen molar-refractivity contribution in [3.63, 3.8) is 0 Å². The molecule has 0 saturated heterocycles. The van der Waals surface area contributed by atoms with E-state index in [0.29, 0.717) is 6.04 Å². The van der Waals surface area contributed by atoms with Crippen molar-refractivity contribution in [3.05, 3.63) is 29.7 Å². The van der Waals surface area contributed by atoms with Gasteiger partial charge < -0.3 is 15.0 Å². The quantitative estimate of drug-likeness (QED) is 0.872. The summed E-state index contributed by atoms with van der Waals surface area (Å²) in [6.07, 6.45) is 5.20. The highest BCUT2D eigenvalue weighted by molar-refractivity contribution is 5.90. The van der Waals surface area contributed by atoms with Gasteiger partial charge in [-0.2, -0.15) is 0 Å². The van der Waals surface area contributed by atoms with E-state index in [-0.39, 0.29) is 11.6 Å². The third-order valence-electron chi connectivity index (χ3n) is 3.54. The van der Waals surface area contributed by atoms with Gasteiger partial charge in [0.2, 0.25) is 0 Å². The number of phenolic OH excluding ortho intramolecular Hbond substituents is 1. The Labute approximate surface area is 105 Å². The number of halogens is 1. The number of hydrogen-bond donors (Lipinski definition) is 2. The first-order valence-electron chi connectivity index (χ1n) is 6.37. The van der Waals surface area contributed by atoms with Crippen LogP contribution in [0, 0.1) is 5.82 Å². The fraction of sp³-hybridized carbons (Fsp3) is 0.429. The molecule has 0 atom stereocenters. The number of fused-ring (bicyclic) bond motifs is 1. The summed E-state index contributed by atoms with van der Waals surface area (Å²) in [7, 11) is 1.90. The number of likely N-dealkylation sites (N-methyl/N-ethyl adjacent to an activating group) is 1. The van der Waals surface area contributed by atoms with Crippen LogP contribution >= 0.6 is 0 Å². The molecule has 1 aliphatic carbocycles. The molecule has 1 fully saturated rings. The molecule has 2 N–H and O–H groups in total. The molecule has 0 amide bonds. The summed E-state index contributed by atoms with van der Waals surface area (Å²) in [6, 6.07) is 3.20. The molecule has 1 aromatic heterocycles. The first-order chi connectivity index (χ1) is 8.70. The van der Waals surface area contributed by atoms with E-state index in [1.165, 1.54) is 12.1 Å². The van der Waals surface area contributed by atoms with Crippen LogP contribution in [0.2, 0.25) is 0 Å². The van der Waals surface area contributed by atoms with E-state index in [4.69, 9.17) is 0 Å². The maximum atomic E-state index is 13.4. The van der Waals surface area contributed by atoms with Crippen molar-refractivity contribution in [2.45, 2.75) is 25.3 Å². The lowest BCUT2D eigenvalue weighted by Gasteiger charge is -2.03. The number of phenols is 1. The van der Waals surface area contributed by atoms with Gasteiger partial charge in [0.1, 0.15) is 11.6 Å². The molecule has 0 aliphatic heterocycles. The molecule has 0 bridgehead atoms. The summed E-state index contributed by atoms with van der Waals surface area (Å²) in [5.74, 6) is -0.323. The topological polar surface area (TPSA) is 37.2 Å². The number of nitrogens with one attached hydrogen (secondary N) is 1. The number of hydrogen-bond acceptors (Lipinski definition) is 2. The molecule has 0 radical (unpaired) electrons. The number of aromatic hydroxyl groups is 1. The fourth-order valence-corrected chi connectivity index (χ4v) is 2.52. The van der Waals surface area contributed by atoms with Crippen LogP contribution in [0.5, 0.6) is 5.75 Å². The number of rotatable bonds is 4. The molecule has 18 heavy (non-hydrogen) atoms. The Morgan fingerprint density at radius 2 is 2.22 bits per heavy atom. The Hall–Kier alpha value is -1.55. The molecule has 1 aromatic carbocycles. The summed E-state index contributed by atoms with van der Waals surface area (Å²) >= 11 is 0. The van der Waals surface area contributed by atoms with Gasteiger partial charge in [0, 0.05) is 23.7 Å². The molecule has 96 valence electrons. The van der Waals surface area contributed by atoms with Crippen molar-refractivity contribution in [1.29, 1.82) is 0 Å². The third kappa shape index (κ3) is 1.86. The van der Waals surface area contributed by atoms with Crippen molar-refractivity contribution in [2.24, 2.45) is 0 Å². The minimum atomic E-state index is -0.375. The first kappa shape index (κ1) is 11.5. The van der Waals surface area contributed by atoms with Crippen LogP contribution in [0.3, 0.4) is 0 Å². The zero-order valence-electron chi connectivity index (χ0n) is 10.4. The zero-order chi connectivity index (χ0) is 12.7. The lowest BCUT2D eigenvalue weighted by atomic mass is 10.1. The molecule has 4 heteroatoms. The minimum Gasteiger partial charge on any atom is -0.507 e. The third-order valence-corrected chi connectivity index (χ3v) is 3.54. The molecule has 3 nitrogen and oxygen atoms in total. The molecule has 1 aliphatic rings. The van der Waals surface area contributed by atoms with Crippen LogP contribution in [0.15, 0.2) is 18.3 Å². The number of benzene rings is 1. The molecule has 3 rings (SSSR count). The normalized spacial score (nSPS) is 15.4. The summed E-state index contributed by atoms with van der Waals surface area (Å²) < 4.78 is 15.6. The minimum absolute atomic E-state index is 0.0514. The highest BCUT2D eigenvalue weighted by Crippen LogP contribution is 2.41. The summed E-state index contributed by atoms with van der Waals surface area (Å²) in [4.78, 5) is 0. The maximum Gasteiger partial charge on any atom is 0.129 e. The van der Waals surface area contributed by atoms with Crippen molar-refractivity contribution in [2.75, 3.05) is 13.6 Å². The zero-order valence-corrected chi connectivity index (χ0v) is 10.4. The fourth-order valence-electron chi connectivity index (χ4n) is 2.52. The second-order valence-corrected chi connectivity index (χ2v) is 4.97. The van der Waals surface area contributed by atoms with Gasteiger partial charge in [-0.3, -0.25) is 0 Å². The van der Waals surface area contributed by atoms with Gasteiger partial charge in [-0.25, -0.2) is 4.39 Å². The van der Waals surface area contributed by atoms with Crippen LogP contribution in [0.25, 0.3) is 10.9 Å². The van der Waals surface area contributed by atoms with Crippen molar-refractivity contribution >= 4 is 10.9 Å². The summed E-state index contributed by atoms with van der Waals surface area (Å²) in [5, 5.41) is 13.9. The standard InChI is InChI=1S/C14H17FN2O/c1-16-5-4-9-8-17(11-2-3-11)12-6-10(15)7-13(18)14(9)12/h6-8,11,16,18H,2-5H2,1H3. The average Bonchev–Trinajstić information content (AvgIpc) is 3.09. The average molecular weight is 248 g/mol. The van der Waals surface area contributed by atoms with E-state index in [0.717, 1.165) is 42.3 Å². The van der Waals surface area contributed by atoms with Crippen LogP contribution in [-0.4, -0.2) is 23.3 Å². The van der Waals surface area contributed by atoms with Gasteiger partial charge in [-0.15, -0.1) is 0 Å². The lowest BCUT2D eigenvalue weighted by Crippen LogP contribution is -2.10. The van der Waals surface area contributed by atoms with E-state index in [9.17, 15) is 9.50 Å². The number of aromatic nitrogens is 1. The Balaban J connectivity index is 2.16. The summed E-state index contributed by atoms with van der Waals surface area (Å²) in [6.45, 7) is 0.848. The van der Waals surface area contributed by atoms with Crippen LogP contribution < -0.4 is 5.32 Å². The van der Waals surface area contributed by atoms with Gasteiger partial charge in [-0.05, 0) is 44.5 Å². The Morgan fingerprint density at radius 3 is 2.89 bits per heavy atom. The van der Waals surface area contributed by atoms with Gasteiger partial charge >= 0.3 is 0 Å². The predicted octanol–water partition coefficient (Wildman–Crippen LogP) is 2.58. The monoisotopic (exact) mass is 248 g/mol. The predicted molar refractivity (Wildman–Crippen MR) is 69.5 cm³/mol. The van der Waals surface area contributed by atoms with Gasteiger partial charge in [0.05, 0.1) is 5.52 Å². The van der Waals surface area contributed by atoms with E-state index in [1.54, 1.807) is 0 Å². The maximum absolute atomic E-state index is 13.4. The lowest BCUT2D eigenvalue weighted by molar-refractivity contribution is 0.475. The SMILES string of the molecule is CNCCc1cn(C2CC2)c2cc(F)cc(O)c12. The van der Waals surface area contributed by atoms with Gasteiger partial charge in [-0.1, -0.05) is 0 Å². The Bertz CT molecular complexity index is 587. The smallest absolute Gasteiger partial charge is 0.129 e. The van der Waals surface area contributed by atoms with E-state index < -0.39 is 0 Å². The highest BCUT2D eigenvalue weighted by Gasteiger charge is 2.26. The first-order valence-corrected chi connectivity index (χ1v) is 6.37. The molecule has 1 saturated carbocycles. The van der Waals surface area contributed by atoms with Crippen molar-refractivity contribution < 1.29 is 9.50 Å². The molecular formula is C14H17FN2O. The Kier molecular flexibility index (Phi) is 2.74. The summed E-state index contributed by atoms with van der Waals surface area (Å²) in [5.41, 5.74) is 1.91. The Morgan fingerprint density at radius 1 is 1.44 bits per heavy atom. The second kappa shape index (κ2) is 4.28. The number of nitrogens with zero attached hydrogens (tertiary/aromatic N) is 1.